The van der Waals surface area contributed by atoms with Gasteiger partial charge < -0.3 is 40.9 Å². The monoisotopic (exact) mass is 592 g/mol. The third-order valence-corrected chi connectivity index (χ3v) is 6.03. The Hall–Kier alpha value is -5.16. The van der Waals surface area contributed by atoms with Gasteiger partial charge in [-0.25, -0.2) is 19.2 Å². The van der Waals surface area contributed by atoms with E-state index in [2.05, 4.69) is 0 Å². The van der Waals surface area contributed by atoms with E-state index in [0.717, 1.165) is 24.3 Å². The first-order valence-corrected chi connectivity index (χ1v) is 11.2. The summed E-state index contributed by atoms with van der Waals surface area (Å²) in [5.41, 5.74) is -16.1. The molecule has 0 bridgehead atoms. The molecule has 0 aromatic heterocycles. The number of Topliss-reactive ketones (excluding diaryl/α,β-unsaturated/α-hetero) is 4. The maximum Gasteiger partial charge on any atom is 0.348 e. The first-order valence-electron chi connectivity index (χ1n) is 11.2. The van der Waals surface area contributed by atoms with Gasteiger partial charge in [0.05, 0.1) is 0 Å². The molecule has 2 aromatic carbocycles. The number of carboxylic acids is 4. The van der Waals surface area contributed by atoms with Gasteiger partial charge in [-0.2, -0.15) is 0 Å². The third kappa shape index (κ3) is 5.54. The first-order chi connectivity index (χ1) is 19.2. The summed E-state index contributed by atoms with van der Waals surface area (Å²) in [6, 6.07) is 12.8. The SMILES string of the molecule is CC(=O)C(O)(C(=O)O)C(O)(C(C)=O)C(=O)O.O=C(O)C(O)(C(=O)c1ccccc1)C(O)(C(=O)O)C(=O)c1ccccc1. The van der Waals surface area contributed by atoms with Crippen LogP contribution in [-0.2, 0) is 28.8 Å². The van der Waals surface area contributed by atoms with Crippen molar-refractivity contribution in [1.82, 2.24) is 0 Å². The smallest absolute Gasteiger partial charge is 0.348 e. The summed E-state index contributed by atoms with van der Waals surface area (Å²) in [5, 5.41) is 75.9. The predicted octanol–water partition coefficient (Wildman–Crippen LogP) is -1.82. The van der Waals surface area contributed by atoms with E-state index >= 15 is 0 Å². The van der Waals surface area contributed by atoms with Crippen LogP contribution in [0, 0.1) is 0 Å². The number of ketones is 4. The number of carbonyl (C=O) groups excluding carboxylic acids is 4. The molecule has 16 heteroatoms. The lowest BCUT2D eigenvalue weighted by atomic mass is 9.73. The van der Waals surface area contributed by atoms with Gasteiger partial charge >= 0.3 is 23.9 Å². The second-order valence-electron chi connectivity index (χ2n) is 8.56. The predicted molar refractivity (Wildman–Crippen MR) is 133 cm³/mol. The Kier molecular flexibility index (Phi) is 10.4. The average Bonchev–Trinajstić information content (AvgIpc) is 2.94. The average molecular weight is 592 g/mol. The van der Waals surface area contributed by atoms with Gasteiger partial charge in [-0.3, -0.25) is 19.2 Å². The number of carbonyl (C=O) groups is 8. The lowest BCUT2D eigenvalue weighted by molar-refractivity contribution is -0.206. The van der Waals surface area contributed by atoms with Crippen LogP contribution in [0.4, 0.5) is 0 Å². The summed E-state index contributed by atoms with van der Waals surface area (Å²) >= 11 is 0. The molecule has 0 aliphatic rings. The van der Waals surface area contributed by atoms with Crippen LogP contribution < -0.4 is 0 Å². The van der Waals surface area contributed by atoms with Crippen LogP contribution in [0.15, 0.2) is 60.7 Å². The zero-order valence-corrected chi connectivity index (χ0v) is 21.6. The van der Waals surface area contributed by atoms with E-state index in [4.69, 9.17) is 10.2 Å². The van der Waals surface area contributed by atoms with Crippen molar-refractivity contribution in [3.05, 3.63) is 71.8 Å². The summed E-state index contributed by atoms with van der Waals surface area (Å²) in [5.74, 6) is -15.8. The molecule has 0 heterocycles. The molecule has 0 spiro atoms. The van der Waals surface area contributed by atoms with E-state index < -0.39 is 80.5 Å². The molecule has 0 fully saturated rings. The summed E-state index contributed by atoms with van der Waals surface area (Å²) < 4.78 is 0. The van der Waals surface area contributed by atoms with Crippen molar-refractivity contribution in [2.45, 2.75) is 36.3 Å². The molecule has 16 nitrogen and oxygen atoms in total. The van der Waals surface area contributed by atoms with Crippen LogP contribution >= 0.6 is 0 Å². The number of hydrogen-bond acceptors (Lipinski definition) is 12. The van der Waals surface area contributed by atoms with E-state index in [-0.39, 0.29) is 0 Å². The third-order valence-electron chi connectivity index (χ3n) is 6.03. The van der Waals surface area contributed by atoms with E-state index in [1.54, 1.807) is 0 Å². The maximum atomic E-state index is 12.6. The maximum absolute atomic E-state index is 12.6. The minimum Gasteiger partial charge on any atom is -0.479 e. The fraction of sp³-hybridized carbons (Fsp3) is 0.231. The van der Waals surface area contributed by atoms with E-state index in [9.17, 15) is 69.0 Å². The molecule has 8 N–H and O–H groups in total. The number of benzene rings is 2. The van der Waals surface area contributed by atoms with Crippen LogP contribution in [0.25, 0.3) is 0 Å². The van der Waals surface area contributed by atoms with Gasteiger partial charge in [0.1, 0.15) is 0 Å². The molecule has 2 rings (SSSR count). The zero-order chi connectivity index (χ0) is 32.8. The quantitative estimate of drug-likeness (QED) is 0.0993. The normalized spacial score (nSPS) is 16.3. The molecular weight excluding hydrogens is 568 g/mol. The number of rotatable bonds is 12. The number of carboxylic acid groups (broad SMARTS) is 4. The minimum absolute atomic E-state index is 0.391. The fourth-order valence-corrected chi connectivity index (χ4v) is 3.55. The molecule has 0 saturated carbocycles. The van der Waals surface area contributed by atoms with Crippen LogP contribution in [0.1, 0.15) is 34.6 Å². The lowest BCUT2D eigenvalue weighted by Gasteiger charge is -2.34. The highest BCUT2D eigenvalue weighted by Crippen LogP contribution is 2.32. The van der Waals surface area contributed by atoms with E-state index in [1.165, 1.54) is 36.4 Å². The molecule has 224 valence electrons. The van der Waals surface area contributed by atoms with Gasteiger partial charge in [0.25, 0.3) is 22.4 Å². The summed E-state index contributed by atoms with van der Waals surface area (Å²) in [7, 11) is 0. The Bertz CT molecular complexity index is 1290. The van der Waals surface area contributed by atoms with Gasteiger partial charge in [-0.1, -0.05) is 60.7 Å². The van der Waals surface area contributed by atoms with E-state index in [0.29, 0.717) is 13.8 Å². The lowest BCUT2D eigenvalue weighted by Crippen LogP contribution is -2.71. The van der Waals surface area contributed by atoms with Crippen molar-refractivity contribution in [2.75, 3.05) is 0 Å². The van der Waals surface area contributed by atoms with Crippen LogP contribution in [0.3, 0.4) is 0 Å². The molecular formula is C26H24O16. The minimum atomic E-state index is -3.95. The number of aliphatic carboxylic acids is 4. The molecule has 0 saturated heterocycles. The van der Waals surface area contributed by atoms with Gasteiger partial charge in [-0.05, 0) is 13.8 Å². The Morgan fingerprint density at radius 3 is 0.810 bits per heavy atom. The number of hydrogen-bond donors (Lipinski definition) is 8. The molecule has 4 unspecified atom stereocenters. The summed E-state index contributed by atoms with van der Waals surface area (Å²) in [6.07, 6.45) is 0. The van der Waals surface area contributed by atoms with Gasteiger partial charge in [-0.15, -0.1) is 0 Å². The molecule has 0 amide bonds. The van der Waals surface area contributed by atoms with Crippen LogP contribution in [0.5, 0.6) is 0 Å². The van der Waals surface area contributed by atoms with Gasteiger partial charge in [0.15, 0.2) is 11.6 Å². The highest BCUT2D eigenvalue weighted by atomic mass is 16.5. The zero-order valence-electron chi connectivity index (χ0n) is 21.6. The topological polar surface area (TPSA) is 298 Å². The van der Waals surface area contributed by atoms with E-state index in [1.807, 2.05) is 0 Å². The highest BCUT2D eigenvalue weighted by molar-refractivity contribution is 6.28. The van der Waals surface area contributed by atoms with Crippen molar-refractivity contribution in [3.63, 3.8) is 0 Å². The Morgan fingerprint density at radius 2 is 0.643 bits per heavy atom. The van der Waals surface area contributed by atoms with Crippen molar-refractivity contribution in [2.24, 2.45) is 0 Å². The molecule has 0 radical (unpaired) electrons. The molecule has 0 aliphatic heterocycles. The van der Waals surface area contributed by atoms with Crippen molar-refractivity contribution in [3.8, 4) is 0 Å². The second kappa shape index (κ2) is 12.6. The molecule has 4 atom stereocenters. The summed E-state index contributed by atoms with van der Waals surface area (Å²) in [6.45, 7) is 1.09. The Labute approximate surface area is 234 Å². The highest BCUT2D eigenvalue weighted by Gasteiger charge is 2.70. The number of aliphatic hydroxyl groups is 4. The molecule has 2 aromatic rings. The summed E-state index contributed by atoms with van der Waals surface area (Å²) in [4.78, 5) is 91.8. The molecule has 0 aliphatic carbocycles. The van der Waals surface area contributed by atoms with Crippen molar-refractivity contribution in [1.29, 1.82) is 0 Å². The van der Waals surface area contributed by atoms with Crippen molar-refractivity contribution < 1.29 is 79.2 Å². The largest absolute Gasteiger partial charge is 0.479 e. The van der Waals surface area contributed by atoms with Crippen molar-refractivity contribution >= 4 is 47.0 Å². The molecule has 42 heavy (non-hydrogen) atoms. The Balaban J connectivity index is 0.000000476. The first kappa shape index (κ1) is 34.9. The van der Waals surface area contributed by atoms with Crippen LogP contribution in [0.2, 0.25) is 0 Å². The van der Waals surface area contributed by atoms with Gasteiger partial charge in [0, 0.05) is 11.1 Å². The second-order valence-corrected chi connectivity index (χ2v) is 8.56. The van der Waals surface area contributed by atoms with Crippen LogP contribution in [-0.4, -0.2) is 110 Å². The fourth-order valence-electron chi connectivity index (χ4n) is 3.55. The standard InChI is InChI=1S/C18H14O8.C8H10O8/c19-13(11-7-3-1-4-8-11)17(25,15(21)22)18(26,16(23)24)14(20)12-9-5-2-6-10-12;1-3(9)7(15,5(11)12)8(16,4(2)10)6(13)14/h1-10,25-26H,(H,21,22)(H,23,24);15-16H,1-2H3,(H,11,12)(H,13,14). The Morgan fingerprint density at radius 1 is 0.429 bits per heavy atom. The van der Waals surface area contributed by atoms with Gasteiger partial charge in [0.2, 0.25) is 11.6 Å².